The van der Waals surface area contributed by atoms with E-state index in [1.165, 1.54) is 25.1 Å². The first kappa shape index (κ1) is 18.4. The molecule has 1 aromatic heterocycles. The van der Waals surface area contributed by atoms with Crippen LogP contribution < -0.4 is 4.90 Å². The molecule has 1 aliphatic rings. The minimum Gasteiger partial charge on any atom is -0.449 e. The van der Waals surface area contributed by atoms with Crippen LogP contribution in [0.25, 0.3) is 6.08 Å². The standard InChI is InChI=1S/C19H18N2O6/c1-12-11-14-5-3-4-6-16(14)20(12)19(23)13(2)26-18(22)10-8-15-7-9-17(27-15)21(24)25/h3-10,12-13H,11H2,1-2H3/b10-8+/t12-,13+/m0/s1. The molecule has 0 radical (unpaired) electrons. The van der Waals surface area contributed by atoms with Gasteiger partial charge in [-0.3, -0.25) is 14.9 Å². The number of hydrogen-bond donors (Lipinski definition) is 0. The fraction of sp³-hybridized carbons (Fsp3) is 0.263. The van der Waals surface area contributed by atoms with Crippen LogP contribution in [0.5, 0.6) is 0 Å². The number of ether oxygens (including phenoxy) is 1. The molecule has 1 aromatic carbocycles. The molecule has 0 N–H and O–H groups in total. The van der Waals surface area contributed by atoms with Gasteiger partial charge in [0, 0.05) is 17.8 Å². The van der Waals surface area contributed by atoms with Crippen molar-refractivity contribution >= 4 is 29.5 Å². The molecule has 0 saturated heterocycles. The highest BCUT2D eigenvalue weighted by molar-refractivity contribution is 6.00. The number of anilines is 1. The topological polar surface area (TPSA) is 103 Å². The molecule has 0 bridgehead atoms. The zero-order valence-electron chi connectivity index (χ0n) is 14.8. The first-order valence-electron chi connectivity index (χ1n) is 8.40. The summed E-state index contributed by atoms with van der Waals surface area (Å²) in [6.45, 7) is 3.45. The van der Waals surface area contributed by atoms with Gasteiger partial charge in [0.05, 0.1) is 6.07 Å². The highest BCUT2D eigenvalue weighted by atomic mass is 16.6. The summed E-state index contributed by atoms with van der Waals surface area (Å²) in [5.41, 5.74) is 1.91. The predicted molar refractivity (Wildman–Crippen MR) is 97.0 cm³/mol. The van der Waals surface area contributed by atoms with Crippen molar-refractivity contribution in [1.29, 1.82) is 0 Å². The second-order valence-corrected chi connectivity index (χ2v) is 6.24. The number of nitro groups is 1. The molecular weight excluding hydrogens is 352 g/mol. The summed E-state index contributed by atoms with van der Waals surface area (Å²) in [5, 5.41) is 10.6. The van der Waals surface area contributed by atoms with Crippen LogP contribution in [0.1, 0.15) is 25.2 Å². The van der Waals surface area contributed by atoms with Gasteiger partial charge in [0.25, 0.3) is 5.91 Å². The third-order valence-electron chi connectivity index (χ3n) is 4.26. The smallest absolute Gasteiger partial charge is 0.433 e. The molecule has 2 aromatic rings. The van der Waals surface area contributed by atoms with E-state index in [9.17, 15) is 19.7 Å². The Morgan fingerprint density at radius 3 is 2.78 bits per heavy atom. The van der Waals surface area contributed by atoms with Crippen molar-refractivity contribution < 1.29 is 23.7 Å². The lowest BCUT2D eigenvalue weighted by Crippen LogP contribution is -2.43. The van der Waals surface area contributed by atoms with Gasteiger partial charge in [-0.1, -0.05) is 18.2 Å². The predicted octanol–water partition coefficient (Wildman–Crippen LogP) is 3.11. The van der Waals surface area contributed by atoms with Gasteiger partial charge in [-0.25, -0.2) is 4.79 Å². The molecule has 140 valence electrons. The van der Waals surface area contributed by atoms with Crippen molar-refractivity contribution in [3.05, 3.63) is 63.9 Å². The maximum atomic E-state index is 12.7. The van der Waals surface area contributed by atoms with Crippen LogP contribution in [0.2, 0.25) is 0 Å². The Morgan fingerprint density at radius 1 is 1.33 bits per heavy atom. The average molecular weight is 370 g/mol. The van der Waals surface area contributed by atoms with Gasteiger partial charge in [0.2, 0.25) is 0 Å². The molecule has 2 atom stereocenters. The fourth-order valence-corrected chi connectivity index (χ4v) is 3.04. The van der Waals surface area contributed by atoms with E-state index in [4.69, 9.17) is 9.15 Å². The Labute approximate surface area is 155 Å². The number of para-hydroxylation sites is 1. The van der Waals surface area contributed by atoms with Crippen LogP contribution in [0.15, 0.2) is 46.9 Å². The molecule has 2 heterocycles. The third-order valence-corrected chi connectivity index (χ3v) is 4.26. The average Bonchev–Trinajstić information content (AvgIpc) is 3.23. The minimum atomic E-state index is -0.971. The number of amides is 1. The van der Waals surface area contributed by atoms with Gasteiger partial charge in [0.15, 0.2) is 6.10 Å². The Bertz CT molecular complexity index is 916. The Balaban J connectivity index is 1.63. The fourth-order valence-electron chi connectivity index (χ4n) is 3.04. The van der Waals surface area contributed by atoms with Crippen molar-refractivity contribution in [2.75, 3.05) is 4.90 Å². The van der Waals surface area contributed by atoms with Crippen LogP contribution in [0.3, 0.4) is 0 Å². The Hall–Kier alpha value is -3.42. The van der Waals surface area contributed by atoms with E-state index in [2.05, 4.69) is 0 Å². The molecule has 1 amide bonds. The van der Waals surface area contributed by atoms with Gasteiger partial charge in [-0.05, 0) is 44.0 Å². The number of carbonyl (C=O) groups excluding carboxylic acids is 2. The summed E-state index contributed by atoms with van der Waals surface area (Å²) in [5.74, 6) is -1.33. The zero-order chi connectivity index (χ0) is 19.6. The van der Waals surface area contributed by atoms with Gasteiger partial charge in [0.1, 0.15) is 10.7 Å². The van der Waals surface area contributed by atoms with Crippen molar-refractivity contribution in [1.82, 2.24) is 0 Å². The van der Waals surface area contributed by atoms with E-state index in [-0.39, 0.29) is 17.7 Å². The van der Waals surface area contributed by atoms with Crippen LogP contribution in [-0.4, -0.2) is 28.9 Å². The lowest BCUT2D eigenvalue weighted by atomic mass is 10.1. The lowest BCUT2D eigenvalue weighted by molar-refractivity contribution is -0.402. The van der Waals surface area contributed by atoms with E-state index in [0.29, 0.717) is 0 Å². The number of benzene rings is 1. The van der Waals surface area contributed by atoms with E-state index in [1.807, 2.05) is 31.2 Å². The molecular formula is C19H18N2O6. The molecule has 0 spiro atoms. The van der Waals surface area contributed by atoms with Gasteiger partial charge >= 0.3 is 11.9 Å². The van der Waals surface area contributed by atoms with Gasteiger partial charge < -0.3 is 14.1 Å². The first-order valence-corrected chi connectivity index (χ1v) is 8.40. The third kappa shape index (κ3) is 3.89. The normalized spacial score (nSPS) is 17.0. The number of furan rings is 1. The second kappa shape index (κ2) is 7.45. The Morgan fingerprint density at radius 2 is 2.07 bits per heavy atom. The van der Waals surface area contributed by atoms with E-state index < -0.39 is 22.9 Å². The minimum absolute atomic E-state index is 0.0183. The summed E-state index contributed by atoms with van der Waals surface area (Å²) in [6, 6.07) is 10.2. The van der Waals surface area contributed by atoms with Crippen molar-refractivity contribution in [2.45, 2.75) is 32.4 Å². The number of esters is 1. The van der Waals surface area contributed by atoms with E-state index in [0.717, 1.165) is 23.7 Å². The van der Waals surface area contributed by atoms with Crippen LogP contribution in [0.4, 0.5) is 11.6 Å². The maximum absolute atomic E-state index is 12.7. The molecule has 8 nitrogen and oxygen atoms in total. The molecule has 0 unspecified atom stereocenters. The number of rotatable bonds is 5. The summed E-state index contributed by atoms with van der Waals surface area (Å²) < 4.78 is 10.1. The highest BCUT2D eigenvalue weighted by Crippen LogP contribution is 2.32. The molecule has 1 aliphatic heterocycles. The quantitative estimate of drug-likeness (QED) is 0.347. The van der Waals surface area contributed by atoms with E-state index >= 15 is 0 Å². The number of hydrogen-bond acceptors (Lipinski definition) is 6. The molecule has 0 aliphatic carbocycles. The summed E-state index contributed by atoms with van der Waals surface area (Å²) in [4.78, 5) is 36.2. The molecule has 27 heavy (non-hydrogen) atoms. The summed E-state index contributed by atoms with van der Waals surface area (Å²) in [7, 11) is 0. The highest BCUT2D eigenvalue weighted by Gasteiger charge is 2.34. The molecule has 3 rings (SSSR count). The van der Waals surface area contributed by atoms with Gasteiger partial charge in [-0.15, -0.1) is 0 Å². The number of nitrogens with zero attached hydrogens (tertiary/aromatic N) is 2. The SMILES string of the molecule is C[C@@H](OC(=O)/C=C/c1ccc([N+](=O)[O-])o1)C(=O)N1c2ccccc2C[C@@H]1C. The molecule has 0 saturated carbocycles. The number of carbonyl (C=O) groups is 2. The first-order chi connectivity index (χ1) is 12.9. The summed E-state index contributed by atoms with van der Waals surface area (Å²) in [6.07, 6.45) is 2.09. The molecule has 8 heteroatoms. The Kier molecular flexibility index (Phi) is 5.07. The monoisotopic (exact) mass is 370 g/mol. The van der Waals surface area contributed by atoms with E-state index in [1.54, 1.807) is 4.90 Å². The lowest BCUT2D eigenvalue weighted by Gasteiger charge is -2.25. The largest absolute Gasteiger partial charge is 0.449 e. The van der Waals surface area contributed by atoms with Crippen molar-refractivity contribution in [3.8, 4) is 0 Å². The summed E-state index contributed by atoms with van der Waals surface area (Å²) >= 11 is 0. The zero-order valence-corrected chi connectivity index (χ0v) is 14.8. The van der Waals surface area contributed by atoms with Crippen molar-refractivity contribution in [2.24, 2.45) is 0 Å². The van der Waals surface area contributed by atoms with Crippen LogP contribution in [0, 0.1) is 10.1 Å². The molecule has 0 fully saturated rings. The second-order valence-electron chi connectivity index (χ2n) is 6.24. The van der Waals surface area contributed by atoms with Crippen LogP contribution in [-0.2, 0) is 20.7 Å². The number of fused-ring (bicyclic) bond motifs is 1. The van der Waals surface area contributed by atoms with Gasteiger partial charge in [-0.2, -0.15) is 0 Å². The van der Waals surface area contributed by atoms with Crippen LogP contribution >= 0.6 is 0 Å². The van der Waals surface area contributed by atoms with Crippen molar-refractivity contribution in [3.63, 3.8) is 0 Å². The maximum Gasteiger partial charge on any atom is 0.433 e.